The molecule has 1 fully saturated rings. The van der Waals surface area contributed by atoms with Gasteiger partial charge >= 0.3 is 6.09 Å². The van der Waals surface area contributed by atoms with Crippen LogP contribution in [0.2, 0.25) is 0 Å². The van der Waals surface area contributed by atoms with E-state index in [9.17, 15) is 9.18 Å². The predicted octanol–water partition coefficient (Wildman–Crippen LogP) is 2.69. The van der Waals surface area contributed by atoms with Gasteiger partial charge in [0.2, 0.25) is 0 Å². The largest absolute Gasteiger partial charge is 0.444 e. The van der Waals surface area contributed by atoms with Crippen molar-refractivity contribution in [3.05, 3.63) is 48.3 Å². The summed E-state index contributed by atoms with van der Waals surface area (Å²) < 4.78 is 21.4. The molecule has 9 heteroatoms. The van der Waals surface area contributed by atoms with Crippen LogP contribution in [0.25, 0.3) is 5.69 Å². The van der Waals surface area contributed by atoms with E-state index in [1.165, 1.54) is 6.07 Å². The Bertz CT molecular complexity index is 891. The van der Waals surface area contributed by atoms with E-state index in [1.54, 1.807) is 36.4 Å². The summed E-state index contributed by atoms with van der Waals surface area (Å²) in [4.78, 5) is 22.3. The lowest BCUT2D eigenvalue weighted by molar-refractivity contribution is 0.0507. The third-order valence-corrected chi connectivity index (χ3v) is 4.67. The Labute approximate surface area is 176 Å². The number of nitrogens with zero attached hydrogens (tertiary/aromatic N) is 4. The lowest BCUT2D eigenvalue weighted by Gasteiger charge is -2.23. The molecule has 30 heavy (non-hydrogen) atoms. The second-order valence-corrected chi connectivity index (χ2v) is 8.23. The highest BCUT2D eigenvalue weighted by Crippen LogP contribution is 2.16. The fraction of sp³-hybridized carbons (Fsp3) is 0.476. The Morgan fingerprint density at radius 3 is 2.83 bits per heavy atom. The summed E-state index contributed by atoms with van der Waals surface area (Å²) in [5, 5.41) is 6.17. The molecule has 0 spiro atoms. The number of nitrogens with one attached hydrogen (secondary N) is 2. The third kappa shape index (κ3) is 5.71. The van der Waals surface area contributed by atoms with Gasteiger partial charge in [0.25, 0.3) is 0 Å². The number of hydrogen-bond donors (Lipinski definition) is 2. The summed E-state index contributed by atoms with van der Waals surface area (Å²) in [7, 11) is 1.71. The first-order chi connectivity index (χ1) is 14.2. The van der Waals surface area contributed by atoms with Gasteiger partial charge in [0.05, 0.1) is 18.1 Å². The molecular formula is C21H29FN6O2. The Hall–Kier alpha value is -3.10. The van der Waals surface area contributed by atoms with Crippen LogP contribution in [0.3, 0.4) is 0 Å². The predicted molar refractivity (Wildman–Crippen MR) is 113 cm³/mol. The van der Waals surface area contributed by atoms with Gasteiger partial charge in [-0.2, -0.15) is 0 Å². The van der Waals surface area contributed by atoms with Gasteiger partial charge in [0, 0.05) is 39.1 Å². The van der Waals surface area contributed by atoms with E-state index < -0.39 is 11.7 Å². The van der Waals surface area contributed by atoms with E-state index >= 15 is 0 Å². The number of rotatable bonds is 4. The number of imidazole rings is 1. The molecule has 1 aliphatic heterocycles. The summed E-state index contributed by atoms with van der Waals surface area (Å²) in [6.45, 7) is 7.34. The molecule has 2 aromatic rings. The first kappa shape index (κ1) is 21.6. The number of ether oxygens (including phenoxy) is 1. The van der Waals surface area contributed by atoms with E-state index in [4.69, 9.17) is 4.74 Å². The van der Waals surface area contributed by atoms with Crippen LogP contribution >= 0.6 is 0 Å². The van der Waals surface area contributed by atoms with Gasteiger partial charge in [-0.15, -0.1) is 0 Å². The first-order valence-corrected chi connectivity index (χ1v) is 9.97. The van der Waals surface area contributed by atoms with Crippen molar-refractivity contribution in [2.24, 2.45) is 4.99 Å². The summed E-state index contributed by atoms with van der Waals surface area (Å²) >= 11 is 0. The molecule has 0 saturated carbocycles. The van der Waals surface area contributed by atoms with Crippen LogP contribution in [0, 0.1) is 5.82 Å². The van der Waals surface area contributed by atoms with Crippen molar-refractivity contribution in [1.82, 2.24) is 25.1 Å². The highest BCUT2D eigenvalue weighted by Gasteiger charge is 2.27. The second kappa shape index (κ2) is 9.15. The van der Waals surface area contributed by atoms with E-state index in [2.05, 4.69) is 25.5 Å². The summed E-state index contributed by atoms with van der Waals surface area (Å²) in [6.07, 6.45) is 5.26. The highest BCUT2D eigenvalue weighted by atomic mass is 19.1. The summed E-state index contributed by atoms with van der Waals surface area (Å²) in [5.74, 6) is 0.396. The average molecular weight is 417 g/mol. The van der Waals surface area contributed by atoms with Crippen LogP contribution in [0.4, 0.5) is 9.18 Å². The van der Waals surface area contributed by atoms with Gasteiger partial charge in [-0.05, 0) is 44.9 Å². The fourth-order valence-electron chi connectivity index (χ4n) is 3.33. The van der Waals surface area contributed by atoms with Crippen molar-refractivity contribution in [3.8, 4) is 5.69 Å². The van der Waals surface area contributed by atoms with Crippen molar-refractivity contribution >= 4 is 12.1 Å². The lowest BCUT2D eigenvalue weighted by Crippen LogP contribution is -2.44. The number of likely N-dealkylation sites (tertiary alicyclic amines) is 1. The number of carbonyl (C=O) groups excluding carboxylic acids is 1. The monoisotopic (exact) mass is 416 g/mol. The Balaban J connectivity index is 1.53. The van der Waals surface area contributed by atoms with Crippen molar-refractivity contribution in [2.75, 3.05) is 20.1 Å². The minimum atomic E-state index is -0.525. The maximum absolute atomic E-state index is 14.4. The normalized spacial score (nSPS) is 17.2. The second-order valence-electron chi connectivity index (χ2n) is 8.23. The summed E-state index contributed by atoms with van der Waals surface area (Å²) in [5.41, 5.74) is 0.735. The molecule has 8 nitrogen and oxygen atoms in total. The number of guanidine groups is 1. The number of benzene rings is 1. The minimum absolute atomic E-state index is 0.00897. The number of halogens is 1. The number of alkyl carbamates (subject to hydrolysis) is 1. The van der Waals surface area contributed by atoms with Crippen LogP contribution in [0.1, 0.15) is 32.8 Å². The maximum atomic E-state index is 14.4. The molecule has 3 rings (SSSR count). The molecule has 162 valence electrons. The molecule has 2 heterocycles. The molecular weight excluding hydrogens is 387 g/mol. The molecule has 1 unspecified atom stereocenters. The Morgan fingerprint density at radius 2 is 2.20 bits per heavy atom. The highest BCUT2D eigenvalue weighted by molar-refractivity contribution is 5.80. The van der Waals surface area contributed by atoms with E-state index in [0.29, 0.717) is 24.7 Å². The number of aliphatic imine (C=N–C) groups is 1. The molecule has 1 aromatic heterocycles. The van der Waals surface area contributed by atoms with Gasteiger partial charge in [-0.1, -0.05) is 6.07 Å². The number of carbonyl (C=O) groups is 1. The van der Waals surface area contributed by atoms with Crippen LogP contribution in [0.15, 0.2) is 41.9 Å². The zero-order valence-corrected chi connectivity index (χ0v) is 17.9. The van der Waals surface area contributed by atoms with Crippen LogP contribution in [-0.2, 0) is 11.3 Å². The first-order valence-electron chi connectivity index (χ1n) is 9.97. The zero-order valence-electron chi connectivity index (χ0n) is 17.9. The van der Waals surface area contributed by atoms with E-state index in [-0.39, 0.29) is 11.9 Å². The molecule has 1 atom stereocenters. The molecule has 0 aliphatic carbocycles. The number of hydrogen-bond acceptors (Lipinski definition) is 4. The topological polar surface area (TPSA) is 83.8 Å². The fourth-order valence-corrected chi connectivity index (χ4v) is 3.33. The third-order valence-electron chi connectivity index (χ3n) is 4.67. The van der Waals surface area contributed by atoms with Crippen LogP contribution in [-0.4, -0.2) is 58.3 Å². The average Bonchev–Trinajstić information content (AvgIpc) is 3.33. The molecule has 2 N–H and O–H groups in total. The molecule has 1 amide bonds. The molecule has 0 radical (unpaired) electrons. The van der Waals surface area contributed by atoms with Gasteiger partial charge < -0.3 is 24.8 Å². The van der Waals surface area contributed by atoms with Gasteiger partial charge in [-0.25, -0.2) is 14.2 Å². The minimum Gasteiger partial charge on any atom is -0.444 e. The lowest BCUT2D eigenvalue weighted by atomic mass is 10.2. The van der Waals surface area contributed by atoms with Crippen LogP contribution < -0.4 is 10.6 Å². The SMILES string of the molecule is CN=C(NCc1ccc(-n2ccnc2)c(F)c1)N1CCC(NC(=O)OC(C)(C)C)C1. The van der Waals surface area contributed by atoms with E-state index in [0.717, 1.165) is 18.5 Å². The summed E-state index contributed by atoms with van der Waals surface area (Å²) in [6, 6.07) is 5.10. The van der Waals surface area contributed by atoms with Gasteiger partial charge in [0.1, 0.15) is 11.4 Å². The Morgan fingerprint density at radius 1 is 1.40 bits per heavy atom. The smallest absolute Gasteiger partial charge is 0.407 e. The van der Waals surface area contributed by atoms with Crippen molar-refractivity contribution in [2.45, 2.75) is 45.4 Å². The quantitative estimate of drug-likeness (QED) is 0.591. The van der Waals surface area contributed by atoms with Gasteiger partial charge in [0.15, 0.2) is 5.96 Å². The van der Waals surface area contributed by atoms with E-state index in [1.807, 2.05) is 26.8 Å². The maximum Gasteiger partial charge on any atom is 0.407 e. The Kier molecular flexibility index (Phi) is 6.59. The molecule has 1 aromatic carbocycles. The molecule has 1 saturated heterocycles. The van der Waals surface area contributed by atoms with Crippen molar-refractivity contribution in [3.63, 3.8) is 0 Å². The van der Waals surface area contributed by atoms with Crippen LogP contribution in [0.5, 0.6) is 0 Å². The standard InChI is InChI=1S/C21H29FN6O2/c1-21(2,3)30-20(29)26-16-7-9-27(13-16)19(23-4)25-12-15-5-6-18(17(22)11-15)28-10-8-24-14-28/h5-6,8,10-11,14,16H,7,9,12-13H2,1-4H3,(H,23,25)(H,26,29). The molecule has 1 aliphatic rings. The van der Waals surface area contributed by atoms with Crippen molar-refractivity contribution in [1.29, 1.82) is 0 Å². The molecule has 0 bridgehead atoms. The van der Waals surface area contributed by atoms with Crippen molar-refractivity contribution < 1.29 is 13.9 Å². The van der Waals surface area contributed by atoms with Gasteiger partial charge in [-0.3, -0.25) is 4.99 Å². The number of amides is 1. The number of aromatic nitrogens is 2. The zero-order chi connectivity index (χ0) is 21.7.